The van der Waals surface area contributed by atoms with Gasteiger partial charge in [0, 0.05) is 31.9 Å². The van der Waals surface area contributed by atoms with E-state index < -0.39 is 10.2 Å². The molecule has 1 aliphatic rings. The van der Waals surface area contributed by atoms with E-state index >= 15 is 0 Å². The molecular weight excluding hydrogens is 288 g/mol. The lowest BCUT2D eigenvalue weighted by molar-refractivity contribution is 0.247. The number of aromatic nitrogens is 2. The van der Waals surface area contributed by atoms with Crippen molar-refractivity contribution >= 4 is 10.2 Å². The van der Waals surface area contributed by atoms with Gasteiger partial charge in [0.15, 0.2) is 0 Å². The minimum atomic E-state index is -3.31. The Morgan fingerprint density at radius 1 is 1.43 bits per heavy atom. The molecule has 0 amide bonds. The number of hydrogen-bond acceptors (Lipinski definition) is 3. The molecule has 120 valence electrons. The zero-order chi connectivity index (χ0) is 15.5. The monoisotopic (exact) mass is 314 g/mol. The standard InChI is InChI=1S/C14H26N4O2S/c1-4-17(5-2)21(19,20)18-8-6-7-13(11-18)9-14-12(3)10-15-16-14/h10,13H,4-9,11H2,1-3H3,(H,15,16)/t13-/m1/s1. The Morgan fingerprint density at radius 2 is 2.14 bits per heavy atom. The fourth-order valence-corrected chi connectivity index (χ4v) is 4.72. The lowest BCUT2D eigenvalue weighted by Crippen LogP contribution is -2.48. The molecule has 2 heterocycles. The lowest BCUT2D eigenvalue weighted by Gasteiger charge is -2.35. The minimum absolute atomic E-state index is 0.364. The second-order valence-corrected chi connectivity index (χ2v) is 7.62. The van der Waals surface area contributed by atoms with E-state index in [1.165, 1.54) is 4.31 Å². The predicted octanol–water partition coefficient (Wildman–Crippen LogP) is 1.56. The van der Waals surface area contributed by atoms with Crippen molar-refractivity contribution in [2.45, 2.75) is 40.0 Å². The number of aryl methyl sites for hydroxylation is 1. The fourth-order valence-electron chi connectivity index (χ4n) is 2.98. The van der Waals surface area contributed by atoms with Crippen LogP contribution in [0.1, 0.15) is 37.9 Å². The highest BCUT2D eigenvalue weighted by molar-refractivity contribution is 7.86. The van der Waals surface area contributed by atoms with Crippen molar-refractivity contribution in [2.24, 2.45) is 5.92 Å². The minimum Gasteiger partial charge on any atom is -0.282 e. The van der Waals surface area contributed by atoms with E-state index in [1.54, 1.807) is 4.31 Å². The molecule has 0 saturated carbocycles. The molecule has 0 aliphatic carbocycles. The average Bonchev–Trinajstić information content (AvgIpc) is 2.86. The summed E-state index contributed by atoms with van der Waals surface area (Å²) in [6.45, 7) is 8.10. The maximum Gasteiger partial charge on any atom is 0.281 e. The maximum absolute atomic E-state index is 12.6. The van der Waals surface area contributed by atoms with E-state index in [0.29, 0.717) is 32.1 Å². The van der Waals surface area contributed by atoms with Crippen molar-refractivity contribution in [3.05, 3.63) is 17.5 Å². The summed E-state index contributed by atoms with van der Waals surface area (Å²) >= 11 is 0. The van der Waals surface area contributed by atoms with Gasteiger partial charge >= 0.3 is 0 Å². The molecule has 1 N–H and O–H groups in total. The van der Waals surface area contributed by atoms with Crippen LogP contribution >= 0.6 is 0 Å². The number of aromatic amines is 1. The average molecular weight is 314 g/mol. The second kappa shape index (κ2) is 6.89. The Kier molecular flexibility index (Phi) is 5.40. The van der Waals surface area contributed by atoms with Crippen LogP contribution in [-0.2, 0) is 16.6 Å². The zero-order valence-corrected chi connectivity index (χ0v) is 14.0. The smallest absolute Gasteiger partial charge is 0.281 e. The highest BCUT2D eigenvalue weighted by Gasteiger charge is 2.32. The van der Waals surface area contributed by atoms with E-state index in [0.717, 1.165) is 30.5 Å². The van der Waals surface area contributed by atoms with Crippen LogP contribution in [0.5, 0.6) is 0 Å². The van der Waals surface area contributed by atoms with Crippen LogP contribution in [0, 0.1) is 12.8 Å². The highest BCUT2D eigenvalue weighted by atomic mass is 32.2. The molecule has 1 aromatic rings. The van der Waals surface area contributed by atoms with Gasteiger partial charge in [-0.3, -0.25) is 5.10 Å². The summed E-state index contributed by atoms with van der Waals surface area (Å²) in [6, 6.07) is 0. The quantitative estimate of drug-likeness (QED) is 0.866. The van der Waals surface area contributed by atoms with Crippen LogP contribution in [0.25, 0.3) is 0 Å². The molecule has 2 rings (SSSR count). The maximum atomic E-state index is 12.6. The van der Waals surface area contributed by atoms with Crippen LogP contribution in [0.4, 0.5) is 0 Å². The summed E-state index contributed by atoms with van der Waals surface area (Å²) in [7, 11) is -3.31. The summed E-state index contributed by atoms with van der Waals surface area (Å²) in [5.74, 6) is 0.364. The predicted molar refractivity (Wildman–Crippen MR) is 83.2 cm³/mol. The van der Waals surface area contributed by atoms with Crippen LogP contribution in [0.3, 0.4) is 0 Å². The van der Waals surface area contributed by atoms with Gasteiger partial charge in [-0.05, 0) is 37.7 Å². The van der Waals surface area contributed by atoms with Gasteiger partial charge in [0.1, 0.15) is 0 Å². The number of hydrogen-bond donors (Lipinski definition) is 1. The highest BCUT2D eigenvalue weighted by Crippen LogP contribution is 2.24. The Hall–Kier alpha value is -0.920. The number of H-pyrrole nitrogens is 1. The number of nitrogens with zero attached hydrogens (tertiary/aromatic N) is 3. The molecule has 1 fully saturated rings. The van der Waals surface area contributed by atoms with E-state index in [2.05, 4.69) is 10.2 Å². The van der Waals surface area contributed by atoms with Crippen molar-refractivity contribution < 1.29 is 8.42 Å². The molecule has 0 aromatic carbocycles. The molecule has 1 saturated heterocycles. The summed E-state index contributed by atoms with van der Waals surface area (Å²) in [5, 5.41) is 7.07. The van der Waals surface area contributed by atoms with Gasteiger partial charge in [-0.2, -0.15) is 22.1 Å². The first-order valence-electron chi connectivity index (χ1n) is 7.73. The summed E-state index contributed by atoms with van der Waals surface area (Å²) in [6.07, 6.45) is 4.69. The molecule has 6 nitrogen and oxygen atoms in total. The molecule has 1 aliphatic heterocycles. The Balaban J connectivity index is 2.05. The van der Waals surface area contributed by atoms with E-state index in [1.807, 2.05) is 27.0 Å². The van der Waals surface area contributed by atoms with Gasteiger partial charge < -0.3 is 0 Å². The third kappa shape index (κ3) is 3.64. The van der Waals surface area contributed by atoms with Gasteiger partial charge in [0.25, 0.3) is 10.2 Å². The third-order valence-corrected chi connectivity index (χ3v) is 6.42. The molecule has 21 heavy (non-hydrogen) atoms. The molecule has 0 unspecified atom stereocenters. The Labute approximate surface area is 127 Å². The first-order valence-corrected chi connectivity index (χ1v) is 9.12. The SMILES string of the molecule is CCN(CC)S(=O)(=O)N1CCC[C@H](Cc2[nH]ncc2C)C1. The number of nitrogens with one attached hydrogen (secondary N) is 1. The first kappa shape index (κ1) is 16.5. The Bertz CT molecular complexity index is 551. The van der Waals surface area contributed by atoms with E-state index in [-0.39, 0.29) is 0 Å². The lowest BCUT2D eigenvalue weighted by atomic mass is 9.94. The second-order valence-electron chi connectivity index (χ2n) is 5.69. The van der Waals surface area contributed by atoms with Crippen molar-refractivity contribution in [1.29, 1.82) is 0 Å². The topological polar surface area (TPSA) is 69.3 Å². The normalized spacial score (nSPS) is 21.0. The fraction of sp³-hybridized carbons (Fsp3) is 0.786. The van der Waals surface area contributed by atoms with E-state index in [9.17, 15) is 8.42 Å². The summed E-state index contributed by atoms with van der Waals surface area (Å²) in [5.41, 5.74) is 2.28. The summed E-state index contributed by atoms with van der Waals surface area (Å²) in [4.78, 5) is 0. The van der Waals surface area contributed by atoms with Crippen molar-refractivity contribution in [3.63, 3.8) is 0 Å². The zero-order valence-electron chi connectivity index (χ0n) is 13.2. The Morgan fingerprint density at radius 3 is 2.71 bits per heavy atom. The van der Waals surface area contributed by atoms with E-state index in [4.69, 9.17) is 0 Å². The summed E-state index contributed by atoms with van der Waals surface area (Å²) < 4.78 is 28.4. The molecule has 0 radical (unpaired) electrons. The number of piperidine rings is 1. The molecule has 0 spiro atoms. The number of rotatable bonds is 6. The molecule has 7 heteroatoms. The molecule has 0 bridgehead atoms. The first-order chi connectivity index (χ1) is 9.98. The van der Waals surface area contributed by atoms with Crippen molar-refractivity contribution in [2.75, 3.05) is 26.2 Å². The van der Waals surface area contributed by atoms with Crippen LogP contribution in [0.2, 0.25) is 0 Å². The largest absolute Gasteiger partial charge is 0.282 e. The van der Waals surface area contributed by atoms with Gasteiger partial charge in [0.2, 0.25) is 0 Å². The van der Waals surface area contributed by atoms with Gasteiger partial charge in [0.05, 0.1) is 6.20 Å². The molecule has 1 aromatic heterocycles. The van der Waals surface area contributed by atoms with Gasteiger partial charge in [-0.1, -0.05) is 13.8 Å². The van der Waals surface area contributed by atoms with Crippen LogP contribution < -0.4 is 0 Å². The van der Waals surface area contributed by atoms with Crippen LogP contribution in [0.15, 0.2) is 6.20 Å². The van der Waals surface area contributed by atoms with Crippen molar-refractivity contribution in [1.82, 2.24) is 18.8 Å². The van der Waals surface area contributed by atoms with Gasteiger partial charge in [-0.15, -0.1) is 0 Å². The molecule has 1 atom stereocenters. The molecular formula is C14H26N4O2S. The van der Waals surface area contributed by atoms with Crippen LogP contribution in [-0.4, -0.2) is 53.4 Å². The third-order valence-electron chi connectivity index (χ3n) is 4.27. The van der Waals surface area contributed by atoms with Gasteiger partial charge in [-0.25, -0.2) is 0 Å². The van der Waals surface area contributed by atoms with Crippen molar-refractivity contribution in [3.8, 4) is 0 Å².